The number of fused-ring (bicyclic) bond motifs is 10. The van der Waals surface area contributed by atoms with Crippen molar-refractivity contribution in [1.82, 2.24) is 4.98 Å². The van der Waals surface area contributed by atoms with Gasteiger partial charge < -0.3 is 4.42 Å². The molecule has 12 aromatic rings. The van der Waals surface area contributed by atoms with Crippen molar-refractivity contribution in [3.8, 4) is 33.4 Å². The lowest BCUT2D eigenvalue weighted by molar-refractivity contribution is 0.669. The van der Waals surface area contributed by atoms with Gasteiger partial charge in [-0.15, -0.1) is 11.3 Å². The molecule has 0 fully saturated rings. The molecule has 0 amide bonds. The van der Waals surface area contributed by atoms with Crippen LogP contribution in [0.5, 0.6) is 0 Å². The second-order valence-corrected chi connectivity index (χ2v) is 15.8. The molecule has 0 bridgehead atoms. The highest BCUT2D eigenvalue weighted by atomic mass is 32.1. The number of hydrogen-bond acceptors (Lipinski definition) is 3. The van der Waals surface area contributed by atoms with E-state index in [1.165, 1.54) is 75.3 Å². The normalized spacial score (nSPS) is 12.1. The first-order valence-corrected chi connectivity index (χ1v) is 19.6. The van der Waals surface area contributed by atoms with Crippen molar-refractivity contribution in [1.29, 1.82) is 0 Å². The van der Waals surface area contributed by atoms with Gasteiger partial charge in [0.1, 0.15) is 11.2 Å². The molecule has 2 aromatic heterocycles. The minimum atomic E-state index is 0.876. The van der Waals surface area contributed by atoms with Crippen LogP contribution >= 0.6 is 11.3 Å². The first kappa shape index (κ1) is 30.6. The molecule has 0 unspecified atom stereocenters. The van der Waals surface area contributed by atoms with Crippen LogP contribution in [0, 0.1) is 6.92 Å². The van der Waals surface area contributed by atoms with Crippen molar-refractivity contribution in [2.45, 2.75) is 6.92 Å². The quantitative estimate of drug-likeness (QED) is 0.134. The summed E-state index contributed by atoms with van der Waals surface area (Å²) in [4.78, 5) is 5.14. The van der Waals surface area contributed by atoms with E-state index in [-0.39, 0.29) is 0 Å². The van der Waals surface area contributed by atoms with Gasteiger partial charge in [0.15, 0.2) is 0 Å². The van der Waals surface area contributed by atoms with Crippen molar-refractivity contribution in [3.05, 3.63) is 175 Å². The van der Waals surface area contributed by atoms with E-state index in [2.05, 4.69) is 177 Å². The van der Waals surface area contributed by atoms with Gasteiger partial charge in [0.25, 0.3) is 0 Å². The Morgan fingerprint density at radius 3 is 1.76 bits per heavy atom. The molecule has 0 saturated carbocycles. The standard InChI is InChI=1S/C52H31NOS/c1-30-53-52-47(55-30)29-32-13-3-5-15-38(32)49(52)35-27-44(51-43-20-10-11-21-45(43)54-46(51)28-35)50-41-18-8-6-16-39(41)48(40-17-7-9-19-42(40)50)34-24-25-37-33(26-34)23-22-31-12-2-4-14-36(31)37/h2-29H,1H3. The molecule has 0 spiro atoms. The zero-order valence-corrected chi connectivity index (χ0v) is 30.7. The van der Waals surface area contributed by atoms with E-state index >= 15 is 0 Å². The number of para-hydroxylation sites is 1. The van der Waals surface area contributed by atoms with Gasteiger partial charge in [-0.3, -0.25) is 0 Å². The summed E-state index contributed by atoms with van der Waals surface area (Å²) in [5, 5.41) is 15.7. The van der Waals surface area contributed by atoms with Crippen LogP contribution in [0.25, 0.3) is 119 Å². The molecule has 256 valence electrons. The lowest BCUT2D eigenvalue weighted by Gasteiger charge is -2.19. The molecule has 0 radical (unpaired) electrons. The van der Waals surface area contributed by atoms with Crippen molar-refractivity contribution in [3.63, 3.8) is 0 Å². The molecule has 0 atom stereocenters. The lowest BCUT2D eigenvalue weighted by atomic mass is 9.83. The number of aryl methyl sites for hydroxylation is 1. The van der Waals surface area contributed by atoms with Crippen LogP contribution in [0.15, 0.2) is 174 Å². The summed E-state index contributed by atoms with van der Waals surface area (Å²) in [7, 11) is 0. The van der Waals surface area contributed by atoms with Crippen LogP contribution in [-0.4, -0.2) is 4.98 Å². The molecular formula is C52H31NOS. The molecule has 0 saturated heterocycles. The Kier molecular flexibility index (Phi) is 6.46. The Hall–Kier alpha value is -6.81. The third kappa shape index (κ3) is 4.51. The Morgan fingerprint density at radius 2 is 1.00 bits per heavy atom. The van der Waals surface area contributed by atoms with Gasteiger partial charge in [-0.25, -0.2) is 4.98 Å². The Labute approximate surface area is 320 Å². The van der Waals surface area contributed by atoms with Crippen LogP contribution in [0.1, 0.15) is 5.01 Å². The average Bonchev–Trinajstić information content (AvgIpc) is 3.80. The van der Waals surface area contributed by atoms with Gasteiger partial charge in [0, 0.05) is 16.3 Å². The van der Waals surface area contributed by atoms with Gasteiger partial charge in [-0.2, -0.15) is 0 Å². The monoisotopic (exact) mass is 717 g/mol. The highest BCUT2D eigenvalue weighted by Crippen LogP contribution is 2.50. The van der Waals surface area contributed by atoms with Gasteiger partial charge >= 0.3 is 0 Å². The number of hydrogen-bond donors (Lipinski definition) is 0. The number of benzene rings is 10. The van der Waals surface area contributed by atoms with Gasteiger partial charge in [-0.1, -0.05) is 140 Å². The largest absolute Gasteiger partial charge is 0.456 e. The SMILES string of the molecule is Cc1nc2c(-c3cc(-c4c5ccccc5c(-c5ccc6c(ccc7ccccc76)c5)c5ccccc45)c4c(c3)oc3ccccc34)c3ccccc3cc2s1. The van der Waals surface area contributed by atoms with E-state index in [4.69, 9.17) is 9.40 Å². The first-order valence-electron chi connectivity index (χ1n) is 18.8. The molecule has 0 aliphatic rings. The predicted molar refractivity (Wildman–Crippen MR) is 235 cm³/mol. The fourth-order valence-corrected chi connectivity index (χ4v) is 10.1. The summed E-state index contributed by atoms with van der Waals surface area (Å²) in [6.07, 6.45) is 0. The van der Waals surface area contributed by atoms with Crippen molar-refractivity contribution < 1.29 is 4.42 Å². The van der Waals surface area contributed by atoms with Crippen LogP contribution in [0.4, 0.5) is 0 Å². The van der Waals surface area contributed by atoms with E-state index in [9.17, 15) is 0 Å². The third-order valence-corrected chi connectivity index (χ3v) is 12.4. The topological polar surface area (TPSA) is 26.0 Å². The zero-order valence-electron chi connectivity index (χ0n) is 29.9. The summed E-state index contributed by atoms with van der Waals surface area (Å²) in [6.45, 7) is 2.10. The van der Waals surface area contributed by atoms with Crippen LogP contribution < -0.4 is 0 Å². The maximum Gasteiger partial charge on any atom is 0.136 e. The highest BCUT2D eigenvalue weighted by molar-refractivity contribution is 7.18. The van der Waals surface area contributed by atoms with E-state index in [0.29, 0.717) is 0 Å². The molecule has 2 nitrogen and oxygen atoms in total. The fourth-order valence-electron chi connectivity index (χ4n) is 9.23. The molecule has 3 heteroatoms. The summed E-state index contributed by atoms with van der Waals surface area (Å²) in [5.74, 6) is 0. The number of aromatic nitrogens is 1. The maximum atomic E-state index is 6.78. The molecular weight excluding hydrogens is 687 g/mol. The molecule has 12 rings (SSSR count). The first-order chi connectivity index (χ1) is 27.2. The summed E-state index contributed by atoms with van der Waals surface area (Å²) in [6, 6.07) is 62.2. The fraction of sp³-hybridized carbons (Fsp3) is 0.0192. The van der Waals surface area contributed by atoms with E-state index in [1.807, 2.05) is 0 Å². The van der Waals surface area contributed by atoms with Crippen molar-refractivity contribution in [2.24, 2.45) is 0 Å². The number of rotatable bonds is 3. The molecule has 0 N–H and O–H groups in total. The molecule has 10 aromatic carbocycles. The minimum absolute atomic E-state index is 0.876. The average molecular weight is 718 g/mol. The Balaban J connectivity index is 1.21. The number of furan rings is 1. The summed E-state index contributed by atoms with van der Waals surface area (Å²) >= 11 is 1.75. The van der Waals surface area contributed by atoms with E-state index in [1.54, 1.807) is 11.3 Å². The van der Waals surface area contributed by atoms with Gasteiger partial charge in [0.05, 0.1) is 15.2 Å². The lowest BCUT2D eigenvalue weighted by Crippen LogP contribution is -1.93. The predicted octanol–water partition coefficient (Wildman–Crippen LogP) is 15.3. The molecule has 55 heavy (non-hydrogen) atoms. The van der Waals surface area contributed by atoms with Crippen LogP contribution in [0.3, 0.4) is 0 Å². The molecule has 0 aliphatic carbocycles. The minimum Gasteiger partial charge on any atom is -0.456 e. The molecule has 0 aliphatic heterocycles. The summed E-state index contributed by atoms with van der Waals surface area (Å²) in [5.41, 5.74) is 9.90. The molecule has 2 heterocycles. The second kappa shape index (κ2) is 11.6. The Bertz CT molecular complexity index is 3510. The third-order valence-electron chi connectivity index (χ3n) is 11.5. The zero-order chi connectivity index (χ0) is 36.2. The highest BCUT2D eigenvalue weighted by Gasteiger charge is 2.23. The summed E-state index contributed by atoms with van der Waals surface area (Å²) < 4.78 is 7.97. The van der Waals surface area contributed by atoms with Crippen molar-refractivity contribution in [2.75, 3.05) is 0 Å². The second-order valence-electron chi connectivity index (χ2n) is 14.6. The number of nitrogens with zero attached hydrogens (tertiary/aromatic N) is 1. The van der Waals surface area contributed by atoms with Gasteiger partial charge in [0.2, 0.25) is 0 Å². The van der Waals surface area contributed by atoms with Crippen molar-refractivity contribution >= 4 is 97.4 Å². The van der Waals surface area contributed by atoms with E-state index < -0.39 is 0 Å². The maximum absolute atomic E-state index is 6.78. The van der Waals surface area contributed by atoms with Gasteiger partial charge in [-0.05, 0) is 119 Å². The van der Waals surface area contributed by atoms with E-state index in [0.717, 1.165) is 49.2 Å². The van der Waals surface area contributed by atoms with Crippen LogP contribution in [0.2, 0.25) is 0 Å². The van der Waals surface area contributed by atoms with Crippen LogP contribution in [-0.2, 0) is 0 Å². The Morgan fingerprint density at radius 1 is 0.418 bits per heavy atom. The number of thiazole rings is 1. The smallest absolute Gasteiger partial charge is 0.136 e.